The fraction of sp³-hybridized carbons (Fsp3) is 0.980. The van der Waals surface area contributed by atoms with Crippen molar-refractivity contribution in [1.29, 1.82) is 0 Å². The Morgan fingerprint density at radius 1 is 0.508 bits per heavy atom. The van der Waals surface area contributed by atoms with Crippen LogP contribution in [-0.2, 0) is 14.3 Å². The second kappa shape index (κ2) is 40.0. The Hall–Kier alpha value is -0.850. The van der Waals surface area contributed by atoms with Crippen molar-refractivity contribution in [2.24, 2.45) is 0 Å². The third-order valence-corrected chi connectivity index (χ3v) is 12.6. The molecular formula is C49H97NO9. The summed E-state index contributed by atoms with van der Waals surface area (Å²) < 4.78 is 11.2. The quantitative estimate of drug-likeness (QED) is 0.0296. The highest BCUT2D eigenvalue weighted by Crippen LogP contribution is 2.23. The first-order valence-electron chi connectivity index (χ1n) is 25.3. The highest BCUT2D eigenvalue weighted by Gasteiger charge is 2.44. The molecule has 0 aromatic carbocycles. The molecule has 10 heteroatoms. The third-order valence-electron chi connectivity index (χ3n) is 12.6. The van der Waals surface area contributed by atoms with Crippen LogP contribution in [0.5, 0.6) is 0 Å². The average Bonchev–Trinajstić information content (AvgIpc) is 3.23. The van der Waals surface area contributed by atoms with Gasteiger partial charge in [-0.05, 0) is 12.8 Å². The summed E-state index contributed by atoms with van der Waals surface area (Å²) >= 11 is 0. The van der Waals surface area contributed by atoms with E-state index in [0.29, 0.717) is 12.8 Å². The molecule has 1 rings (SSSR count). The lowest BCUT2D eigenvalue weighted by atomic mass is 9.99. The summed E-state index contributed by atoms with van der Waals surface area (Å²) in [5, 5.41) is 65.0. The molecule has 0 bridgehead atoms. The van der Waals surface area contributed by atoms with E-state index in [9.17, 15) is 35.4 Å². The van der Waals surface area contributed by atoms with E-state index in [1.165, 1.54) is 180 Å². The smallest absolute Gasteiger partial charge is 0.249 e. The van der Waals surface area contributed by atoms with Crippen molar-refractivity contribution in [3.05, 3.63) is 0 Å². The van der Waals surface area contributed by atoms with Gasteiger partial charge in [-0.3, -0.25) is 4.79 Å². The fourth-order valence-corrected chi connectivity index (χ4v) is 8.40. The van der Waals surface area contributed by atoms with Crippen molar-refractivity contribution < 1.29 is 44.9 Å². The Balaban J connectivity index is 2.32. The molecule has 1 saturated heterocycles. The molecule has 352 valence electrons. The Kier molecular flexibility index (Phi) is 38.0. The minimum Gasteiger partial charge on any atom is -0.394 e. The zero-order valence-electron chi connectivity index (χ0n) is 38.4. The van der Waals surface area contributed by atoms with Crippen LogP contribution in [0.4, 0.5) is 0 Å². The van der Waals surface area contributed by atoms with Crippen LogP contribution in [0.25, 0.3) is 0 Å². The van der Waals surface area contributed by atoms with Gasteiger partial charge in [0.2, 0.25) is 5.91 Å². The van der Waals surface area contributed by atoms with E-state index < -0.39 is 61.5 Å². The molecule has 0 saturated carbocycles. The molecule has 0 aromatic rings. The lowest BCUT2D eigenvalue weighted by molar-refractivity contribution is -0.302. The summed E-state index contributed by atoms with van der Waals surface area (Å²) in [5.41, 5.74) is 0. The van der Waals surface area contributed by atoms with Gasteiger partial charge >= 0.3 is 0 Å². The van der Waals surface area contributed by atoms with Gasteiger partial charge in [0.25, 0.3) is 0 Å². The van der Waals surface area contributed by atoms with Gasteiger partial charge in [-0.2, -0.15) is 0 Å². The van der Waals surface area contributed by atoms with E-state index >= 15 is 0 Å². The van der Waals surface area contributed by atoms with Crippen molar-refractivity contribution in [3.8, 4) is 0 Å². The molecule has 1 amide bonds. The number of aliphatic hydroxyl groups excluding tert-OH is 6. The van der Waals surface area contributed by atoms with Gasteiger partial charge in [-0.15, -0.1) is 0 Å². The summed E-state index contributed by atoms with van der Waals surface area (Å²) in [6, 6.07) is -0.888. The van der Waals surface area contributed by atoms with Gasteiger partial charge in [-0.25, -0.2) is 0 Å². The molecule has 1 fully saturated rings. The van der Waals surface area contributed by atoms with Crippen LogP contribution in [0.3, 0.4) is 0 Å². The first-order chi connectivity index (χ1) is 28.8. The predicted molar refractivity (Wildman–Crippen MR) is 241 cm³/mol. The van der Waals surface area contributed by atoms with Crippen LogP contribution in [0.2, 0.25) is 0 Å². The molecule has 0 spiro atoms. The van der Waals surface area contributed by atoms with Crippen molar-refractivity contribution in [2.45, 2.75) is 294 Å². The molecule has 0 aromatic heterocycles. The standard InChI is InChI=1S/C49H97NO9/c1-3-5-7-9-11-13-15-17-19-20-21-22-24-26-28-30-32-34-36-38-43(53)48(57)50-41(40-58-49-47(56)46(55)45(54)44(39-51)59-49)42(52)37-35-33-31-29-27-25-23-18-16-14-12-10-8-6-4-2/h41-47,49,51-56H,3-40H2,1-2H3,(H,50,57)/t41-,42+,43+,44?,45?,46?,47?,49?/m0/s1. The Bertz CT molecular complexity index is 911. The van der Waals surface area contributed by atoms with E-state index in [4.69, 9.17) is 9.47 Å². The van der Waals surface area contributed by atoms with Crippen molar-refractivity contribution in [2.75, 3.05) is 13.2 Å². The predicted octanol–water partition coefficient (Wildman–Crippen LogP) is 10.1. The van der Waals surface area contributed by atoms with E-state index in [1.54, 1.807) is 0 Å². The topological polar surface area (TPSA) is 169 Å². The molecule has 8 atom stereocenters. The SMILES string of the molecule is CCCCCCCCCCCCCCCCCCCCC[C@@H](O)C(=O)N[C@@H](COC1OC(CO)C(O)C(O)C1O)[C@H](O)CCCCCCCCCCCCCCCCC. The minimum absolute atomic E-state index is 0.250. The molecule has 1 aliphatic rings. The molecule has 1 aliphatic heterocycles. The monoisotopic (exact) mass is 844 g/mol. The first kappa shape index (κ1) is 56.2. The number of nitrogens with one attached hydrogen (secondary N) is 1. The van der Waals surface area contributed by atoms with Crippen LogP contribution < -0.4 is 5.32 Å². The minimum atomic E-state index is -1.59. The number of aliphatic hydroxyl groups is 6. The van der Waals surface area contributed by atoms with E-state index in [1.807, 2.05) is 0 Å². The van der Waals surface area contributed by atoms with E-state index in [2.05, 4.69) is 19.2 Å². The van der Waals surface area contributed by atoms with Gasteiger partial charge in [0.1, 0.15) is 30.5 Å². The average molecular weight is 844 g/mol. The molecule has 10 nitrogen and oxygen atoms in total. The number of hydrogen-bond donors (Lipinski definition) is 7. The normalized spacial score (nSPS) is 21.1. The fourth-order valence-electron chi connectivity index (χ4n) is 8.40. The number of rotatable bonds is 43. The number of hydrogen-bond acceptors (Lipinski definition) is 9. The summed E-state index contributed by atoms with van der Waals surface area (Å²) in [6.07, 6.45) is 34.3. The van der Waals surface area contributed by atoms with Crippen molar-refractivity contribution in [1.82, 2.24) is 5.32 Å². The lowest BCUT2D eigenvalue weighted by Crippen LogP contribution is -2.60. The number of carbonyl (C=O) groups is 1. The van der Waals surface area contributed by atoms with Crippen LogP contribution in [0.15, 0.2) is 0 Å². The summed E-state index contributed by atoms with van der Waals surface area (Å²) in [6.45, 7) is 3.69. The molecular weight excluding hydrogens is 747 g/mol. The van der Waals surface area contributed by atoms with Crippen LogP contribution >= 0.6 is 0 Å². The van der Waals surface area contributed by atoms with Crippen LogP contribution in [-0.4, -0.2) is 98.7 Å². The molecule has 59 heavy (non-hydrogen) atoms. The highest BCUT2D eigenvalue weighted by molar-refractivity contribution is 5.80. The van der Waals surface area contributed by atoms with Gasteiger partial charge < -0.3 is 45.4 Å². The molecule has 1 heterocycles. The number of ether oxygens (including phenoxy) is 2. The Labute approximate surface area is 362 Å². The van der Waals surface area contributed by atoms with Gasteiger partial charge in [0.05, 0.1) is 25.4 Å². The molecule has 0 radical (unpaired) electrons. The van der Waals surface area contributed by atoms with Crippen molar-refractivity contribution in [3.63, 3.8) is 0 Å². The molecule has 0 aliphatic carbocycles. The van der Waals surface area contributed by atoms with Gasteiger partial charge in [0, 0.05) is 0 Å². The van der Waals surface area contributed by atoms with E-state index in [0.717, 1.165) is 38.5 Å². The largest absolute Gasteiger partial charge is 0.394 e. The van der Waals surface area contributed by atoms with Gasteiger partial charge in [0.15, 0.2) is 6.29 Å². The first-order valence-corrected chi connectivity index (χ1v) is 25.3. The van der Waals surface area contributed by atoms with Crippen LogP contribution in [0, 0.1) is 0 Å². The summed E-state index contributed by atoms with van der Waals surface area (Å²) in [5.74, 6) is -0.578. The maximum Gasteiger partial charge on any atom is 0.249 e. The zero-order valence-corrected chi connectivity index (χ0v) is 38.4. The van der Waals surface area contributed by atoms with Gasteiger partial charge in [-0.1, -0.05) is 232 Å². The second-order valence-electron chi connectivity index (χ2n) is 18.1. The highest BCUT2D eigenvalue weighted by atomic mass is 16.7. The maximum absolute atomic E-state index is 13.1. The summed E-state index contributed by atoms with van der Waals surface area (Å²) in [7, 11) is 0. The van der Waals surface area contributed by atoms with E-state index in [-0.39, 0.29) is 6.61 Å². The Morgan fingerprint density at radius 2 is 0.847 bits per heavy atom. The zero-order chi connectivity index (χ0) is 43.2. The molecule has 5 unspecified atom stereocenters. The van der Waals surface area contributed by atoms with Crippen molar-refractivity contribution >= 4 is 5.91 Å². The number of carbonyl (C=O) groups excluding carboxylic acids is 1. The summed E-state index contributed by atoms with van der Waals surface area (Å²) in [4.78, 5) is 13.1. The number of amides is 1. The van der Waals surface area contributed by atoms with Crippen LogP contribution in [0.1, 0.15) is 245 Å². The molecule has 7 N–H and O–H groups in total. The Morgan fingerprint density at radius 3 is 1.20 bits per heavy atom. The maximum atomic E-state index is 13.1. The third kappa shape index (κ3) is 30.0. The number of unbranched alkanes of at least 4 members (excludes halogenated alkanes) is 32. The lowest BCUT2D eigenvalue weighted by Gasteiger charge is -2.40. The second-order valence-corrected chi connectivity index (χ2v) is 18.1.